The third-order valence-electron chi connectivity index (χ3n) is 1.18. The number of epoxide rings is 1. The molecule has 1 heterocycles. The van der Waals surface area contributed by atoms with Crippen molar-refractivity contribution >= 4 is 6.16 Å². The molecule has 0 amide bonds. The van der Waals surface area contributed by atoms with Crippen LogP contribution in [0, 0.1) is 0 Å². The minimum atomic E-state index is -0.627. The van der Waals surface area contributed by atoms with Crippen molar-refractivity contribution in [3.05, 3.63) is 0 Å². The molecule has 1 aliphatic rings. The largest absolute Gasteiger partial charge is 0.508 e. The Kier molecular flexibility index (Phi) is 2.57. The zero-order chi connectivity index (χ0) is 9.19. The normalized spacial score (nSPS) is 21.8. The zero-order valence-corrected chi connectivity index (χ0v) is 7.62. The van der Waals surface area contributed by atoms with Crippen molar-refractivity contribution < 1.29 is 19.0 Å². The molecular weight excluding hydrogens is 160 g/mol. The SMILES string of the molecule is CC(C)(C)OC(=O)OCC1CO1. The molecule has 0 N–H and O–H groups in total. The minimum absolute atomic E-state index is 0.0949. The molecule has 1 atom stereocenters. The van der Waals surface area contributed by atoms with Crippen LogP contribution < -0.4 is 0 Å². The van der Waals surface area contributed by atoms with Crippen LogP contribution in [0.15, 0.2) is 0 Å². The Morgan fingerprint density at radius 2 is 2.17 bits per heavy atom. The van der Waals surface area contributed by atoms with Crippen LogP contribution in [0.3, 0.4) is 0 Å². The van der Waals surface area contributed by atoms with E-state index in [-0.39, 0.29) is 6.10 Å². The van der Waals surface area contributed by atoms with Crippen LogP contribution in [0.1, 0.15) is 20.8 Å². The first-order valence-electron chi connectivity index (χ1n) is 3.95. The second-order valence-electron chi connectivity index (χ2n) is 3.73. The van der Waals surface area contributed by atoms with E-state index in [9.17, 15) is 4.79 Å². The first-order valence-corrected chi connectivity index (χ1v) is 3.95. The smallest absolute Gasteiger partial charge is 0.431 e. The minimum Gasteiger partial charge on any atom is -0.431 e. The molecule has 1 fully saturated rings. The summed E-state index contributed by atoms with van der Waals surface area (Å²) in [7, 11) is 0. The van der Waals surface area contributed by atoms with Gasteiger partial charge in [-0.25, -0.2) is 4.79 Å². The second-order valence-corrected chi connectivity index (χ2v) is 3.73. The van der Waals surface area contributed by atoms with Crippen molar-refractivity contribution in [1.82, 2.24) is 0 Å². The van der Waals surface area contributed by atoms with Gasteiger partial charge in [0.2, 0.25) is 0 Å². The Balaban J connectivity index is 2.10. The summed E-state index contributed by atoms with van der Waals surface area (Å²) in [4.78, 5) is 10.9. The summed E-state index contributed by atoms with van der Waals surface area (Å²) < 4.78 is 14.5. The molecule has 4 heteroatoms. The van der Waals surface area contributed by atoms with Crippen molar-refractivity contribution in [3.8, 4) is 0 Å². The maximum absolute atomic E-state index is 10.9. The number of rotatable bonds is 2. The van der Waals surface area contributed by atoms with E-state index < -0.39 is 11.8 Å². The lowest BCUT2D eigenvalue weighted by atomic mass is 10.2. The van der Waals surface area contributed by atoms with Crippen LogP contribution in [0.2, 0.25) is 0 Å². The Morgan fingerprint density at radius 3 is 2.58 bits per heavy atom. The van der Waals surface area contributed by atoms with Crippen LogP contribution >= 0.6 is 0 Å². The summed E-state index contributed by atoms with van der Waals surface area (Å²) in [5.74, 6) is 0. The van der Waals surface area contributed by atoms with Crippen LogP contribution in [-0.4, -0.2) is 31.1 Å². The van der Waals surface area contributed by atoms with Gasteiger partial charge in [-0.05, 0) is 20.8 Å². The van der Waals surface area contributed by atoms with Gasteiger partial charge >= 0.3 is 6.16 Å². The molecule has 1 rings (SSSR count). The zero-order valence-electron chi connectivity index (χ0n) is 7.62. The lowest BCUT2D eigenvalue weighted by Crippen LogP contribution is -2.25. The molecule has 0 bridgehead atoms. The van der Waals surface area contributed by atoms with E-state index in [4.69, 9.17) is 14.2 Å². The fraction of sp³-hybridized carbons (Fsp3) is 0.875. The molecule has 1 saturated heterocycles. The molecule has 0 aromatic rings. The topological polar surface area (TPSA) is 48.1 Å². The van der Waals surface area contributed by atoms with Gasteiger partial charge in [0.15, 0.2) is 0 Å². The van der Waals surface area contributed by atoms with Crippen LogP contribution in [-0.2, 0) is 14.2 Å². The van der Waals surface area contributed by atoms with Gasteiger partial charge in [-0.1, -0.05) is 0 Å². The first kappa shape index (κ1) is 9.32. The molecule has 1 unspecified atom stereocenters. The highest BCUT2D eigenvalue weighted by atomic mass is 16.7. The highest BCUT2D eigenvalue weighted by Gasteiger charge is 2.25. The summed E-state index contributed by atoms with van der Waals surface area (Å²) >= 11 is 0. The third kappa shape index (κ3) is 4.18. The number of hydrogen-bond acceptors (Lipinski definition) is 4. The summed E-state index contributed by atoms with van der Waals surface area (Å²) in [6.45, 7) is 6.36. The van der Waals surface area contributed by atoms with Gasteiger partial charge in [0.05, 0.1) is 6.61 Å². The Bertz CT molecular complexity index is 166. The highest BCUT2D eigenvalue weighted by molar-refractivity contribution is 5.60. The number of carbonyl (C=O) groups excluding carboxylic acids is 1. The molecule has 0 spiro atoms. The van der Waals surface area contributed by atoms with Crippen LogP contribution in [0.25, 0.3) is 0 Å². The Morgan fingerprint density at radius 1 is 1.58 bits per heavy atom. The average molecular weight is 174 g/mol. The maximum atomic E-state index is 10.9. The summed E-state index contributed by atoms with van der Waals surface area (Å²) in [5.41, 5.74) is -0.485. The van der Waals surface area contributed by atoms with E-state index in [1.807, 2.05) is 0 Å². The van der Waals surface area contributed by atoms with E-state index in [2.05, 4.69) is 0 Å². The van der Waals surface area contributed by atoms with Gasteiger partial charge in [-0.2, -0.15) is 0 Å². The molecular formula is C8H14O4. The average Bonchev–Trinajstić information content (AvgIpc) is 2.61. The fourth-order valence-corrected chi connectivity index (χ4v) is 0.605. The van der Waals surface area contributed by atoms with Gasteiger partial charge in [0.1, 0.15) is 18.3 Å². The van der Waals surface area contributed by atoms with Gasteiger partial charge < -0.3 is 14.2 Å². The van der Waals surface area contributed by atoms with Gasteiger partial charge in [0.25, 0.3) is 0 Å². The summed E-state index contributed by atoms with van der Waals surface area (Å²) in [6.07, 6.45) is -0.532. The molecule has 70 valence electrons. The molecule has 4 nitrogen and oxygen atoms in total. The van der Waals surface area contributed by atoms with Crippen molar-refractivity contribution in [2.45, 2.75) is 32.5 Å². The van der Waals surface area contributed by atoms with Crippen molar-refractivity contribution in [3.63, 3.8) is 0 Å². The lowest BCUT2D eigenvalue weighted by molar-refractivity contribution is -0.00946. The predicted octanol–water partition coefficient (Wildman–Crippen LogP) is 1.34. The maximum Gasteiger partial charge on any atom is 0.508 e. The van der Waals surface area contributed by atoms with Gasteiger partial charge in [-0.3, -0.25) is 0 Å². The molecule has 0 radical (unpaired) electrons. The van der Waals surface area contributed by atoms with Crippen LogP contribution in [0.5, 0.6) is 0 Å². The van der Waals surface area contributed by atoms with Crippen LogP contribution in [0.4, 0.5) is 4.79 Å². The summed E-state index contributed by atoms with van der Waals surface area (Å²) in [5, 5.41) is 0. The van der Waals surface area contributed by atoms with Gasteiger partial charge in [0, 0.05) is 0 Å². The molecule has 1 aliphatic heterocycles. The van der Waals surface area contributed by atoms with Crippen molar-refractivity contribution in [2.24, 2.45) is 0 Å². The predicted molar refractivity (Wildman–Crippen MR) is 41.9 cm³/mol. The number of hydrogen-bond donors (Lipinski definition) is 0. The quantitative estimate of drug-likeness (QED) is 0.468. The van der Waals surface area contributed by atoms with E-state index in [0.717, 1.165) is 0 Å². The van der Waals surface area contributed by atoms with E-state index in [0.29, 0.717) is 13.2 Å². The molecule has 0 aromatic carbocycles. The monoisotopic (exact) mass is 174 g/mol. The standard InChI is InChI=1S/C8H14O4/c1-8(2,3)12-7(9)11-5-6-4-10-6/h6H,4-5H2,1-3H3. The molecule has 12 heavy (non-hydrogen) atoms. The fourth-order valence-electron chi connectivity index (χ4n) is 0.605. The highest BCUT2D eigenvalue weighted by Crippen LogP contribution is 2.11. The molecule has 0 aliphatic carbocycles. The van der Waals surface area contributed by atoms with Crippen molar-refractivity contribution in [2.75, 3.05) is 13.2 Å². The Labute approximate surface area is 71.8 Å². The number of ether oxygens (including phenoxy) is 3. The second kappa shape index (κ2) is 3.31. The molecule has 0 saturated carbocycles. The van der Waals surface area contributed by atoms with E-state index in [1.54, 1.807) is 20.8 Å². The molecule has 0 aromatic heterocycles. The van der Waals surface area contributed by atoms with Gasteiger partial charge in [-0.15, -0.1) is 0 Å². The first-order chi connectivity index (χ1) is 5.47. The third-order valence-corrected chi connectivity index (χ3v) is 1.18. The number of carbonyl (C=O) groups is 1. The Hall–Kier alpha value is -0.770. The lowest BCUT2D eigenvalue weighted by Gasteiger charge is -2.18. The van der Waals surface area contributed by atoms with E-state index in [1.165, 1.54) is 0 Å². The summed E-state index contributed by atoms with van der Waals surface area (Å²) in [6, 6.07) is 0. The van der Waals surface area contributed by atoms with Crippen molar-refractivity contribution in [1.29, 1.82) is 0 Å². The van der Waals surface area contributed by atoms with E-state index >= 15 is 0 Å².